The van der Waals surface area contributed by atoms with Crippen LogP contribution in [0.5, 0.6) is 0 Å². The first kappa shape index (κ1) is 27.1. The molecule has 2 aliphatic heterocycles. The van der Waals surface area contributed by atoms with Crippen molar-refractivity contribution in [2.75, 3.05) is 6.61 Å². The van der Waals surface area contributed by atoms with Gasteiger partial charge in [0.25, 0.3) is 0 Å². The first-order valence-corrected chi connectivity index (χ1v) is 14.2. The van der Waals surface area contributed by atoms with Crippen molar-refractivity contribution in [3.63, 3.8) is 0 Å². The summed E-state index contributed by atoms with van der Waals surface area (Å²) in [4.78, 5) is 38.1. The van der Waals surface area contributed by atoms with Crippen LogP contribution in [0, 0.1) is 22.7 Å². The zero-order valence-corrected chi connectivity index (χ0v) is 23.4. The van der Waals surface area contributed by atoms with Crippen molar-refractivity contribution in [1.29, 1.82) is 0 Å². The Kier molecular flexibility index (Phi) is 5.58. The van der Waals surface area contributed by atoms with Crippen LogP contribution in [0.25, 0.3) is 0 Å². The molecule has 4 aliphatic carbocycles. The van der Waals surface area contributed by atoms with E-state index in [0.29, 0.717) is 24.8 Å². The number of allylic oxidation sites excluding steroid dienone is 1. The molecule has 0 aromatic rings. The number of ether oxygens (including phenoxy) is 3. The van der Waals surface area contributed by atoms with E-state index in [1.165, 1.54) is 13.8 Å². The van der Waals surface area contributed by atoms with Crippen molar-refractivity contribution in [2.45, 2.75) is 114 Å². The van der Waals surface area contributed by atoms with E-state index < -0.39 is 57.2 Å². The van der Waals surface area contributed by atoms with Crippen LogP contribution in [-0.2, 0) is 28.6 Å². The van der Waals surface area contributed by atoms with Gasteiger partial charge in [-0.2, -0.15) is 0 Å². The quantitative estimate of drug-likeness (QED) is 0.359. The summed E-state index contributed by atoms with van der Waals surface area (Å²) in [6, 6.07) is 0. The molecule has 1 saturated heterocycles. The molecule has 0 bridgehead atoms. The van der Waals surface area contributed by atoms with Crippen LogP contribution >= 0.6 is 0 Å². The highest BCUT2D eigenvalue weighted by Crippen LogP contribution is 2.75. The smallest absolute Gasteiger partial charge is 0.334 e. The molecule has 2 heterocycles. The van der Waals surface area contributed by atoms with E-state index in [-0.39, 0.29) is 50.1 Å². The van der Waals surface area contributed by atoms with E-state index in [4.69, 9.17) is 14.2 Å². The van der Waals surface area contributed by atoms with Crippen molar-refractivity contribution in [3.05, 3.63) is 23.3 Å². The molecule has 4 fully saturated rings. The van der Waals surface area contributed by atoms with Crippen molar-refractivity contribution in [1.82, 2.24) is 0 Å². The second kappa shape index (κ2) is 8.02. The fraction of sp³-hybridized carbons (Fsp3) is 0.767. The zero-order valence-electron chi connectivity index (χ0n) is 23.4. The van der Waals surface area contributed by atoms with Crippen molar-refractivity contribution in [3.8, 4) is 0 Å². The van der Waals surface area contributed by atoms with Gasteiger partial charge >= 0.3 is 11.9 Å². The minimum Gasteiger partial charge on any atom is -0.465 e. The molecule has 9 heteroatoms. The monoisotopic (exact) mass is 544 g/mol. The van der Waals surface area contributed by atoms with Gasteiger partial charge in [-0.15, -0.1) is 0 Å². The van der Waals surface area contributed by atoms with Crippen LogP contribution in [-0.4, -0.2) is 74.3 Å². The van der Waals surface area contributed by atoms with Crippen LogP contribution in [0.15, 0.2) is 23.3 Å². The van der Waals surface area contributed by atoms with Crippen molar-refractivity contribution in [2.24, 2.45) is 22.7 Å². The molecule has 0 aromatic heterocycles. The number of fused-ring (bicyclic) bond motifs is 4. The highest BCUT2D eigenvalue weighted by atomic mass is 16.6. The molecule has 39 heavy (non-hydrogen) atoms. The molecular weight excluding hydrogens is 504 g/mol. The molecule has 1 spiro atoms. The van der Waals surface area contributed by atoms with E-state index in [1.54, 1.807) is 19.9 Å². The van der Waals surface area contributed by atoms with Gasteiger partial charge < -0.3 is 29.5 Å². The summed E-state index contributed by atoms with van der Waals surface area (Å²) in [7, 11) is 0. The lowest BCUT2D eigenvalue weighted by molar-refractivity contribution is -0.297. The Labute approximate surface area is 228 Å². The lowest BCUT2D eigenvalue weighted by atomic mass is 9.42. The number of epoxide rings is 1. The molecule has 3 saturated carbocycles. The normalized spacial score (nSPS) is 49.7. The lowest BCUT2D eigenvalue weighted by Crippen LogP contribution is -2.75. The van der Waals surface area contributed by atoms with Gasteiger partial charge in [-0.1, -0.05) is 11.6 Å². The van der Waals surface area contributed by atoms with Crippen molar-refractivity contribution >= 4 is 17.7 Å². The molecule has 0 radical (unpaired) electrons. The van der Waals surface area contributed by atoms with Gasteiger partial charge in [-0.05, 0) is 84.1 Å². The van der Waals surface area contributed by atoms with Gasteiger partial charge in [0.1, 0.15) is 29.5 Å². The minimum absolute atomic E-state index is 0.00552. The van der Waals surface area contributed by atoms with Crippen LogP contribution in [0.4, 0.5) is 0 Å². The fourth-order valence-electron chi connectivity index (χ4n) is 9.64. The number of rotatable bonds is 4. The van der Waals surface area contributed by atoms with E-state index in [1.807, 2.05) is 13.0 Å². The van der Waals surface area contributed by atoms with Gasteiger partial charge in [0.2, 0.25) is 0 Å². The van der Waals surface area contributed by atoms with Gasteiger partial charge in [0.05, 0.1) is 22.5 Å². The van der Waals surface area contributed by atoms with Crippen LogP contribution in [0.1, 0.15) is 79.6 Å². The topological polar surface area (TPSA) is 143 Å². The largest absolute Gasteiger partial charge is 0.465 e. The number of cyclic esters (lactones) is 1. The maximum atomic E-state index is 13.4. The summed E-state index contributed by atoms with van der Waals surface area (Å²) in [5, 5.41) is 37.6. The average molecular weight is 545 g/mol. The predicted molar refractivity (Wildman–Crippen MR) is 137 cm³/mol. The second-order valence-corrected chi connectivity index (χ2v) is 13.5. The number of hydrogen-bond donors (Lipinski definition) is 3. The Hall–Kier alpha value is -2.07. The summed E-state index contributed by atoms with van der Waals surface area (Å²) in [6.45, 7) is 7.85. The van der Waals surface area contributed by atoms with Gasteiger partial charge in [0, 0.05) is 18.9 Å². The lowest BCUT2D eigenvalue weighted by Gasteiger charge is -2.64. The molecular formula is C30H40O9. The molecule has 214 valence electrons. The number of ketones is 1. The average Bonchev–Trinajstić information content (AvgIpc) is 3.52. The number of hydrogen-bond acceptors (Lipinski definition) is 9. The summed E-state index contributed by atoms with van der Waals surface area (Å²) in [5.41, 5.74) is -7.09. The van der Waals surface area contributed by atoms with E-state index in [0.717, 1.165) is 5.57 Å². The summed E-state index contributed by atoms with van der Waals surface area (Å²) >= 11 is 0. The first-order chi connectivity index (χ1) is 18.1. The highest BCUT2D eigenvalue weighted by molar-refractivity contribution is 5.97. The van der Waals surface area contributed by atoms with Crippen LogP contribution < -0.4 is 0 Å². The third-order valence-corrected chi connectivity index (χ3v) is 12.2. The van der Waals surface area contributed by atoms with Gasteiger partial charge in [-0.25, -0.2) is 4.79 Å². The number of carbonyl (C=O) groups is 3. The number of esters is 2. The molecule has 6 rings (SSSR count). The first-order valence-electron chi connectivity index (χ1n) is 14.2. The SMILES string of the molecule is CC(=O)OC[C@]12CCC3C(C[C@H]4O[C@]45CC=CC(=O)[C@]35C)[C@]1(O)CC[C@@]2(O)C(C)(O)C1CC(C)=C(C)C(=O)O1. The zero-order chi connectivity index (χ0) is 28.4. The molecule has 0 amide bonds. The number of carbonyl (C=O) groups excluding carboxylic acids is 3. The Morgan fingerprint density at radius 3 is 2.56 bits per heavy atom. The number of aliphatic hydroxyl groups is 3. The Balaban J connectivity index is 1.44. The Bertz CT molecular complexity index is 1220. The molecule has 6 aliphatic rings. The van der Waals surface area contributed by atoms with E-state index in [2.05, 4.69) is 0 Å². The fourth-order valence-corrected chi connectivity index (χ4v) is 9.64. The molecule has 3 N–H and O–H groups in total. The van der Waals surface area contributed by atoms with Crippen molar-refractivity contribution < 1.29 is 43.9 Å². The molecule has 4 unspecified atom stereocenters. The van der Waals surface area contributed by atoms with E-state index in [9.17, 15) is 29.7 Å². The van der Waals surface area contributed by atoms with Gasteiger partial charge in [-0.3, -0.25) is 9.59 Å². The maximum Gasteiger partial charge on any atom is 0.334 e. The Morgan fingerprint density at radius 1 is 1.18 bits per heavy atom. The second-order valence-electron chi connectivity index (χ2n) is 13.5. The third-order valence-electron chi connectivity index (χ3n) is 12.2. The van der Waals surface area contributed by atoms with Crippen LogP contribution in [0.2, 0.25) is 0 Å². The Morgan fingerprint density at radius 2 is 1.90 bits per heavy atom. The minimum atomic E-state index is -1.97. The van der Waals surface area contributed by atoms with Crippen LogP contribution in [0.3, 0.4) is 0 Å². The highest BCUT2D eigenvalue weighted by Gasteiger charge is 2.83. The standard InChI is InChI=1S/C30H40O9/c1-16-13-22(38-24(33)17(16)2)26(5,34)30(36)12-11-28(35)20-14-23-29(39-23)9-6-7-21(32)25(29,4)19(20)8-10-27(28,30)15-37-18(3)31/h6-7,19-20,22-23,34-36H,8-15H2,1-5H3/t19?,20?,22?,23-,25+,26?,27-,28-,29-,30-/m1/s1. The summed E-state index contributed by atoms with van der Waals surface area (Å²) in [6.07, 6.45) is 4.49. The van der Waals surface area contributed by atoms with E-state index >= 15 is 0 Å². The van der Waals surface area contributed by atoms with Gasteiger partial charge in [0.15, 0.2) is 5.78 Å². The third kappa shape index (κ3) is 3.03. The maximum absolute atomic E-state index is 13.4. The summed E-state index contributed by atoms with van der Waals surface area (Å²) in [5.74, 6) is -1.75. The predicted octanol–water partition coefficient (Wildman–Crippen LogP) is 2.30. The molecule has 9 nitrogen and oxygen atoms in total. The molecule has 0 aromatic carbocycles. The summed E-state index contributed by atoms with van der Waals surface area (Å²) < 4.78 is 17.5. The molecule has 10 atom stereocenters.